The van der Waals surface area contributed by atoms with E-state index in [0.29, 0.717) is 0 Å². The van der Waals surface area contributed by atoms with Gasteiger partial charge < -0.3 is 0 Å². The second-order valence-corrected chi connectivity index (χ2v) is 4.27. The van der Waals surface area contributed by atoms with Gasteiger partial charge in [-0.15, -0.1) is 6.58 Å². The SMILES string of the molecule is C=CCC(=CC)CCCCCCC=CCC. The first-order chi connectivity index (χ1) is 7.85. The predicted octanol–water partition coefficient (Wildman–Crippen LogP) is 5.82. The van der Waals surface area contributed by atoms with Crippen molar-refractivity contribution >= 4 is 0 Å². The highest BCUT2D eigenvalue weighted by atomic mass is 14.0. The molecule has 0 atom stereocenters. The molecule has 0 aliphatic rings. The molecular formula is C16H28. The maximum atomic E-state index is 3.79. The van der Waals surface area contributed by atoms with E-state index in [2.05, 4.69) is 38.7 Å². The van der Waals surface area contributed by atoms with E-state index in [-0.39, 0.29) is 0 Å². The molecule has 0 unspecified atom stereocenters. The molecule has 0 aliphatic carbocycles. The average Bonchev–Trinajstić information content (AvgIpc) is 2.31. The molecule has 0 aromatic rings. The molecule has 0 aliphatic heterocycles. The van der Waals surface area contributed by atoms with Crippen molar-refractivity contribution in [3.05, 3.63) is 36.5 Å². The average molecular weight is 220 g/mol. The van der Waals surface area contributed by atoms with Crippen LogP contribution in [0.4, 0.5) is 0 Å². The fourth-order valence-corrected chi connectivity index (χ4v) is 1.80. The van der Waals surface area contributed by atoms with Gasteiger partial charge in [-0.2, -0.15) is 0 Å². The third kappa shape index (κ3) is 9.76. The summed E-state index contributed by atoms with van der Waals surface area (Å²) in [5.74, 6) is 0. The minimum Gasteiger partial charge on any atom is -0.103 e. The van der Waals surface area contributed by atoms with Crippen molar-refractivity contribution < 1.29 is 0 Å². The van der Waals surface area contributed by atoms with Crippen molar-refractivity contribution in [1.82, 2.24) is 0 Å². The van der Waals surface area contributed by atoms with Gasteiger partial charge in [0.25, 0.3) is 0 Å². The van der Waals surface area contributed by atoms with Crippen molar-refractivity contribution in [2.45, 2.75) is 65.2 Å². The van der Waals surface area contributed by atoms with Gasteiger partial charge in [0, 0.05) is 0 Å². The van der Waals surface area contributed by atoms with Gasteiger partial charge in [-0.25, -0.2) is 0 Å². The Kier molecular flexibility index (Phi) is 11.7. The summed E-state index contributed by atoms with van der Waals surface area (Å²) in [6.07, 6.45) is 19.0. The molecule has 0 aromatic heterocycles. The molecule has 0 saturated carbocycles. The lowest BCUT2D eigenvalue weighted by molar-refractivity contribution is 0.640. The number of allylic oxidation sites excluding steroid dienone is 5. The van der Waals surface area contributed by atoms with Crippen LogP contribution in [0.1, 0.15) is 65.2 Å². The lowest BCUT2D eigenvalue weighted by atomic mass is 10.0. The highest BCUT2D eigenvalue weighted by molar-refractivity contribution is 5.04. The topological polar surface area (TPSA) is 0 Å². The standard InChI is InChI=1S/C16H28/c1-4-7-8-9-10-11-12-13-15-16(6-3)14-5-2/h5-8H,2,4,9-15H2,1,3H3. The van der Waals surface area contributed by atoms with E-state index >= 15 is 0 Å². The van der Waals surface area contributed by atoms with Crippen molar-refractivity contribution in [2.24, 2.45) is 0 Å². The second kappa shape index (κ2) is 12.3. The molecule has 0 saturated heterocycles. The summed E-state index contributed by atoms with van der Waals surface area (Å²) in [5, 5.41) is 0. The second-order valence-electron chi connectivity index (χ2n) is 4.27. The maximum Gasteiger partial charge on any atom is -0.0142 e. The van der Waals surface area contributed by atoms with E-state index in [4.69, 9.17) is 0 Å². The Labute approximate surface area is 102 Å². The molecular weight excluding hydrogens is 192 g/mol. The monoisotopic (exact) mass is 220 g/mol. The largest absolute Gasteiger partial charge is 0.103 e. The van der Waals surface area contributed by atoms with Gasteiger partial charge in [-0.1, -0.05) is 49.6 Å². The molecule has 16 heavy (non-hydrogen) atoms. The third-order valence-electron chi connectivity index (χ3n) is 2.84. The molecule has 0 bridgehead atoms. The van der Waals surface area contributed by atoms with Crippen molar-refractivity contribution in [3.63, 3.8) is 0 Å². The Morgan fingerprint density at radius 3 is 2.44 bits per heavy atom. The first kappa shape index (κ1) is 15.2. The summed E-state index contributed by atoms with van der Waals surface area (Å²) in [7, 11) is 0. The molecule has 0 radical (unpaired) electrons. The van der Waals surface area contributed by atoms with Crippen molar-refractivity contribution in [3.8, 4) is 0 Å². The van der Waals surface area contributed by atoms with E-state index in [0.717, 1.165) is 6.42 Å². The fourth-order valence-electron chi connectivity index (χ4n) is 1.80. The van der Waals surface area contributed by atoms with Crippen LogP contribution in [-0.4, -0.2) is 0 Å². The highest BCUT2D eigenvalue weighted by Crippen LogP contribution is 2.14. The van der Waals surface area contributed by atoms with Crippen molar-refractivity contribution in [2.75, 3.05) is 0 Å². The smallest absolute Gasteiger partial charge is 0.0142 e. The first-order valence-corrected chi connectivity index (χ1v) is 6.75. The Morgan fingerprint density at radius 1 is 1.06 bits per heavy atom. The van der Waals surface area contributed by atoms with Gasteiger partial charge in [0.1, 0.15) is 0 Å². The van der Waals surface area contributed by atoms with Crippen LogP contribution in [0.25, 0.3) is 0 Å². The highest BCUT2D eigenvalue weighted by Gasteiger charge is 1.94. The molecule has 0 nitrogen and oxygen atoms in total. The van der Waals surface area contributed by atoms with Crippen LogP contribution in [0.15, 0.2) is 36.5 Å². The predicted molar refractivity (Wildman–Crippen MR) is 75.7 cm³/mol. The molecule has 92 valence electrons. The Bertz CT molecular complexity index is 208. The van der Waals surface area contributed by atoms with Crippen LogP contribution in [0.2, 0.25) is 0 Å². The molecule has 0 aromatic carbocycles. The van der Waals surface area contributed by atoms with E-state index < -0.39 is 0 Å². The van der Waals surface area contributed by atoms with Crippen LogP contribution in [0.5, 0.6) is 0 Å². The Morgan fingerprint density at radius 2 is 1.81 bits per heavy atom. The van der Waals surface area contributed by atoms with Crippen LogP contribution >= 0.6 is 0 Å². The quantitative estimate of drug-likeness (QED) is 0.321. The van der Waals surface area contributed by atoms with Gasteiger partial charge in [-0.3, -0.25) is 0 Å². The lowest BCUT2D eigenvalue weighted by Gasteiger charge is -2.03. The summed E-state index contributed by atoms with van der Waals surface area (Å²) in [5.41, 5.74) is 1.54. The van der Waals surface area contributed by atoms with Crippen LogP contribution < -0.4 is 0 Å². The fraction of sp³-hybridized carbons (Fsp3) is 0.625. The molecule has 0 heteroatoms. The zero-order chi connectivity index (χ0) is 12.1. The Balaban J connectivity index is 3.32. The molecule has 0 rings (SSSR count). The van der Waals surface area contributed by atoms with E-state index in [9.17, 15) is 0 Å². The van der Waals surface area contributed by atoms with E-state index in [1.54, 1.807) is 5.57 Å². The Hall–Kier alpha value is -0.780. The van der Waals surface area contributed by atoms with Gasteiger partial charge in [-0.05, 0) is 45.4 Å². The molecule has 0 N–H and O–H groups in total. The van der Waals surface area contributed by atoms with Crippen LogP contribution in [-0.2, 0) is 0 Å². The van der Waals surface area contributed by atoms with Gasteiger partial charge in [0.2, 0.25) is 0 Å². The van der Waals surface area contributed by atoms with Gasteiger partial charge in [0.15, 0.2) is 0 Å². The van der Waals surface area contributed by atoms with Crippen molar-refractivity contribution in [1.29, 1.82) is 0 Å². The molecule has 0 heterocycles. The summed E-state index contributed by atoms with van der Waals surface area (Å²) < 4.78 is 0. The summed E-state index contributed by atoms with van der Waals surface area (Å²) in [6.45, 7) is 8.11. The minimum absolute atomic E-state index is 1.07. The van der Waals surface area contributed by atoms with E-state index in [1.807, 2.05) is 6.08 Å². The van der Waals surface area contributed by atoms with Crippen LogP contribution in [0, 0.1) is 0 Å². The first-order valence-electron chi connectivity index (χ1n) is 6.75. The van der Waals surface area contributed by atoms with Gasteiger partial charge in [0.05, 0.1) is 0 Å². The number of hydrogen-bond acceptors (Lipinski definition) is 0. The number of unbranched alkanes of at least 4 members (excludes halogenated alkanes) is 4. The minimum atomic E-state index is 1.07. The summed E-state index contributed by atoms with van der Waals surface area (Å²) in [4.78, 5) is 0. The summed E-state index contributed by atoms with van der Waals surface area (Å²) in [6, 6.07) is 0. The van der Waals surface area contributed by atoms with E-state index in [1.165, 1.54) is 44.9 Å². The molecule has 0 fully saturated rings. The number of rotatable bonds is 10. The molecule has 0 spiro atoms. The summed E-state index contributed by atoms with van der Waals surface area (Å²) >= 11 is 0. The molecule has 0 amide bonds. The maximum absolute atomic E-state index is 3.79. The lowest BCUT2D eigenvalue weighted by Crippen LogP contribution is -1.83. The normalized spacial score (nSPS) is 12.2. The zero-order valence-corrected chi connectivity index (χ0v) is 11.2. The third-order valence-corrected chi connectivity index (χ3v) is 2.84. The van der Waals surface area contributed by atoms with Gasteiger partial charge >= 0.3 is 0 Å². The zero-order valence-electron chi connectivity index (χ0n) is 11.2. The number of hydrogen-bond donors (Lipinski definition) is 0. The van der Waals surface area contributed by atoms with Crippen LogP contribution in [0.3, 0.4) is 0 Å².